The van der Waals surface area contributed by atoms with Crippen LogP contribution in [0.5, 0.6) is 0 Å². The second-order valence-corrected chi connectivity index (χ2v) is 14.4. The van der Waals surface area contributed by atoms with Gasteiger partial charge in [-0.3, -0.25) is 0 Å². The first kappa shape index (κ1) is 46.3. The van der Waals surface area contributed by atoms with Crippen molar-refractivity contribution in [2.24, 2.45) is 0 Å². The summed E-state index contributed by atoms with van der Waals surface area (Å²) in [5, 5.41) is 0. The third-order valence-electron chi connectivity index (χ3n) is 9.69. The molecule has 0 spiro atoms. The Morgan fingerprint density at radius 2 is 1.13 bits per heavy atom. The molecule has 0 radical (unpaired) electrons. The van der Waals surface area contributed by atoms with E-state index in [0.29, 0.717) is 0 Å². The summed E-state index contributed by atoms with van der Waals surface area (Å²) in [6.45, 7) is 10.9. The number of hydrogen-bond donors (Lipinski definition) is 0. The summed E-state index contributed by atoms with van der Waals surface area (Å²) in [7, 11) is 0. The van der Waals surface area contributed by atoms with Crippen LogP contribution >= 0.6 is 0 Å². The van der Waals surface area contributed by atoms with Gasteiger partial charge in [0.25, 0.3) is 0 Å². The van der Waals surface area contributed by atoms with Gasteiger partial charge in [-0.1, -0.05) is 128 Å². The van der Waals surface area contributed by atoms with E-state index in [0.717, 1.165) is 54.6 Å². The van der Waals surface area contributed by atoms with Gasteiger partial charge in [0.1, 0.15) is 0 Å². The van der Waals surface area contributed by atoms with Crippen molar-refractivity contribution in [3.05, 3.63) is 172 Å². The summed E-state index contributed by atoms with van der Waals surface area (Å²) in [6, 6.07) is 39.1. The predicted molar refractivity (Wildman–Crippen MR) is 230 cm³/mol. The maximum absolute atomic E-state index is 11.6. The van der Waals surface area contributed by atoms with Crippen molar-refractivity contribution in [3.63, 3.8) is 0 Å². The molecule has 1 aliphatic heterocycles. The number of rotatable bonds is 19. The largest absolute Gasteiger partial charge is 2.00 e. The average Bonchev–Trinajstić information content (AvgIpc) is 3.51. The number of hydrogen-bond acceptors (Lipinski definition) is 0. The fraction of sp³-hybridized carbons (Fsp3) is 0.412. The summed E-state index contributed by atoms with van der Waals surface area (Å²) >= 11 is 0. The van der Waals surface area contributed by atoms with Gasteiger partial charge in [0.05, 0.1) is 0 Å². The number of nitrogens with zero attached hydrogens (tertiary/aromatic N) is 2. The van der Waals surface area contributed by atoms with E-state index in [1.165, 1.54) is 103 Å². The van der Waals surface area contributed by atoms with Crippen LogP contribution in [-0.2, 0) is 29.3 Å². The Labute approximate surface area is 340 Å². The Morgan fingerprint density at radius 1 is 0.574 bits per heavy atom. The van der Waals surface area contributed by atoms with Gasteiger partial charge in [0.2, 0.25) is 11.4 Å². The second-order valence-electron chi connectivity index (χ2n) is 14.4. The number of aryl methyl sites for hydroxylation is 4. The first-order valence-electron chi connectivity index (χ1n) is 20.6. The van der Waals surface area contributed by atoms with Crippen LogP contribution in [0, 0.1) is 26.0 Å². The minimum absolute atomic E-state index is 0. The molecule has 0 atom stereocenters. The van der Waals surface area contributed by atoms with Crippen molar-refractivity contribution in [1.82, 2.24) is 0 Å². The van der Waals surface area contributed by atoms with E-state index in [-0.39, 0.29) is 16.5 Å². The molecule has 0 aliphatic carbocycles. The molecule has 4 aromatic rings. The fourth-order valence-corrected chi connectivity index (χ4v) is 6.46. The minimum Gasteiger partial charge on any atom is -0.493 e. The van der Waals surface area contributed by atoms with Crippen molar-refractivity contribution in [3.8, 4) is 0 Å². The van der Waals surface area contributed by atoms with Gasteiger partial charge in [0.15, 0.2) is 0 Å². The molecule has 0 amide bonds. The number of benzene rings is 4. The van der Waals surface area contributed by atoms with E-state index < -0.39 is 0 Å². The minimum atomic E-state index is 0. The van der Waals surface area contributed by atoms with Crippen LogP contribution in [0.1, 0.15) is 144 Å². The molecule has 0 N–H and O–H groups in total. The normalized spacial score (nSPS) is 12.1. The van der Waals surface area contributed by atoms with E-state index >= 15 is 0 Å². The zero-order chi connectivity index (χ0) is 37.9. The first-order valence-corrected chi connectivity index (χ1v) is 20.6. The molecule has 0 unspecified atom stereocenters. The zero-order valence-electron chi connectivity index (χ0n) is 34.0. The maximum atomic E-state index is 11.6. The molecule has 0 saturated carbocycles. The first-order chi connectivity index (χ1) is 26.0. The molecule has 5 rings (SSSR count). The fourth-order valence-electron chi connectivity index (χ4n) is 6.46. The van der Waals surface area contributed by atoms with E-state index in [1.54, 1.807) is 0 Å². The SMILES string of the molecule is CCCCCCCC=CCCc1ccccc1C1=CC(CCCCCC)=C(c2ccc(CCCC)cc2)[N+]1=[N-].Cc1cc[c-]cc1.Cc1cc[c-]cc1.[Ni+2]. The molecule has 4 aromatic carbocycles. The molecule has 290 valence electrons. The molecule has 0 saturated heterocycles. The summed E-state index contributed by atoms with van der Waals surface area (Å²) < 4.78 is 1.47. The van der Waals surface area contributed by atoms with Crippen molar-refractivity contribution in [2.75, 3.05) is 0 Å². The molecular weight excluding hydrogens is 699 g/mol. The van der Waals surface area contributed by atoms with Gasteiger partial charge in [-0.25, -0.2) is 4.70 Å². The van der Waals surface area contributed by atoms with E-state index in [2.05, 4.69) is 114 Å². The quantitative estimate of drug-likeness (QED) is 0.0299. The third kappa shape index (κ3) is 17.6. The van der Waals surface area contributed by atoms with Crippen LogP contribution in [0.15, 0.2) is 121 Å². The zero-order valence-corrected chi connectivity index (χ0v) is 35.0. The monoisotopic (exact) mass is 764 g/mol. The predicted octanol–water partition coefficient (Wildman–Crippen LogP) is 15.2. The second kappa shape index (κ2) is 28.6. The topological polar surface area (TPSA) is 25.3 Å². The van der Waals surface area contributed by atoms with Crippen LogP contribution < -0.4 is 0 Å². The van der Waals surface area contributed by atoms with Gasteiger partial charge in [-0.2, -0.15) is 71.8 Å². The standard InChI is InChI=1S/C37H52N2.2C7H7.Ni/c1-4-7-10-12-13-14-15-16-18-22-32-23-19-20-25-35(32)36-30-34(24-17-11-8-5-2)37(39(36)38)33-28-26-31(27-29-33)21-9-6-3;2*1-7-5-3-2-4-6-7;/h15-16,19-20,23,25-30H,4-14,17-18,21-22,24H2,1-3H3;2*3-6H,1H3;/q;2*-1;+2. The average molecular weight is 766 g/mol. The van der Waals surface area contributed by atoms with Gasteiger partial charge >= 0.3 is 16.5 Å². The van der Waals surface area contributed by atoms with E-state index in [9.17, 15) is 5.53 Å². The van der Waals surface area contributed by atoms with E-state index in [1.807, 2.05) is 48.5 Å². The molecule has 2 nitrogen and oxygen atoms in total. The summed E-state index contributed by atoms with van der Waals surface area (Å²) in [5.41, 5.74) is 22.2. The van der Waals surface area contributed by atoms with Gasteiger partial charge in [0, 0.05) is 22.8 Å². The van der Waals surface area contributed by atoms with Crippen LogP contribution in [0.3, 0.4) is 0 Å². The molecule has 0 aromatic heterocycles. The molecule has 1 aliphatic rings. The van der Waals surface area contributed by atoms with Gasteiger partial charge in [-0.15, -0.1) is 0 Å². The summed E-state index contributed by atoms with van der Waals surface area (Å²) in [6.07, 6.45) is 26.3. The van der Waals surface area contributed by atoms with Crippen LogP contribution in [-0.4, -0.2) is 4.70 Å². The number of allylic oxidation sites excluding steroid dienone is 4. The molecule has 54 heavy (non-hydrogen) atoms. The van der Waals surface area contributed by atoms with Crippen molar-refractivity contribution >= 4 is 11.4 Å². The smallest absolute Gasteiger partial charge is 0.493 e. The van der Waals surface area contributed by atoms with Crippen molar-refractivity contribution in [1.29, 1.82) is 0 Å². The Hall–Kier alpha value is -3.81. The number of unbranched alkanes of at least 4 members (excludes halogenated alkanes) is 9. The Balaban J connectivity index is 0.000000556. The maximum Gasteiger partial charge on any atom is 2.00 e. The Bertz CT molecular complexity index is 1630. The van der Waals surface area contributed by atoms with E-state index in [4.69, 9.17) is 0 Å². The molecule has 1 heterocycles. The van der Waals surface area contributed by atoms with Crippen LogP contribution in [0.25, 0.3) is 16.9 Å². The summed E-state index contributed by atoms with van der Waals surface area (Å²) in [4.78, 5) is 0. The Morgan fingerprint density at radius 3 is 1.70 bits per heavy atom. The molecule has 3 heteroatoms. The van der Waals surface area contributed by atoms with Gasteiger partial charge in [-0.05, 0) is 80.7 Å². The van der Waals surface area contributed by atoms with Crippen molar-refractivity contribution in [2.45, 2.75) is 137 Å². The summed E-state index contributed by atoms with van der Waals surface area (Å²) in [5.74, 6) is 0. The third-order valence-corrected chi connectivity index (χ3v) is 9.69. The van der Waals surface area contributed by atoms with Gasteiger partial charge < -0.3 is 5.53 Å². The molecule has 0 fully saturated rings. The van der Waals surface area contributed by atoms with Crippen molar-refractivity contribution < 1.29 is 21.2 Å². The Kier molecular flexibility index (Phi) is 24.6. The van der Waals surface area contributed by atoms with Crippen LogP contribution in [0.2, 0.25) is 0 Å². The molecular formula is C51H66N2Ni. The van der Waals surface area contributed by atoms with Crippen LogP contribution in [0.4, 0.5) is 0 Å². The molecule has 0 bridgehead atoms.